The first-order chi connectivity index (χ1) is 10.1. The van der Waals surface area contributed by atoms with E-state index in [0.29, 0.717) is 6.04 Å². The van der Waals surface area contributed by atoms with Crippen molar-refractivity contribution >= 4 is 11.3 Å². The number of hydrogen-bond donors (Lipinski definition) is 1. The highest BCUT2D eigenvalue weighted by Gasteiger charge is 2.36. The molecule has 1 aliphatic heterocycles. The molecule has 2 heterocycles. The van der Waals surface area contributed by atoms with Gasteiger partial charge in [-0.1, -0.05) is 39.0 Å². The smallest absolute Gasteiger partial charge is 0.0336 e. The Labute approximate surface area is 134 Å². The molecule has 3 heteroatoms. The number of fused-ring (bicyclic) bond motifs is 1. The predicted molar refractivity (Wildman–Crippen MR) is 94.0 cm³/mol. The second-order valence-corrected chi connectivity index (χ2v) is 7.78. The molecule has 0 saturated carbocycles. The first-order valence-corrected chi connectivity index (χ1v) is 9.53. The zero-order valence-corrected chi connectivity index (χ0v) is 14.8. The van der Waals surface area contributed by atoms with Gasteiger partial charge in [-0.2, -0.15) is 0 Å². The molecule has 0 aliphatic carbocycles. The Kier molecular flexibility index (Phi) is 6.27. The molecule has 0 amide bonds. The van der Waals surface area contributed by atoms with Crippen molar-refractivity contribution in [3.05, 3.63) is 21.9 Å². The fourth-order valence-corrected chi connectivity index (χ4v) is 4.68. The van der Waals surface area contributed by atoms with Crippen LogP contribution in [0.25, 0.3) is 0 Å². The van der Waals surface area contributed by atoms with E-state index in [9.17, 15) is 0 Å². The number of nitrogens with two attached hydrogens (primary N) is 1. The van der Waals surface area contributed by atoms with Crippen LogP contribution in [0, 0.1) is 0 Å². The molecule has 0 aromatic carbocycles. The van der Waals surface area contributed by atoms with E-state index in [1.54, 1.807) is 4.88 Å². The van der Waals surface area contributed by atoms with E-state index in [-0.39, 0.29) is 5.54 Å². The predicted octanol–water partition coefficient (Wildman–Crippen LogP) is 4.75. The quantitative estimate of drug-likeness (QED) is 0.702. The first kappa shape index (κ1) is 17.0. The maximum atomic E-state index is 6.20. The van der Waals surface area contributed by atoms with Gasteiger partial charge in [0.05, 0.1) is 0 Å². The summed E-state index contributed by atoms with van der Waals surface area (Å²) in [5, 5.41) is 2.25. The molecule has 1 aromatic heterocycles. The first-order valence-electron chi connectivity index (χ1n) is 8.65. The summed E-state index contributed by atoms with van der Waals surface area (Å²) in [5.41, 5.74) is 7.89. The van der Waals surface area contributed by atoms with Gasteiger partial charge in [0.1, 0.15) is 0 Å². The second-order valence-electron chi connectivity index (χ2n) is 6.78. The standard InChI is InChI=1S/C18H32N2S/c1-4-5-6-7-8-11-18(3,14-19)20-12-9-17-16(15(20)2)10-13-21-17/h10,13,15H,4-9,11-12,14,19H2,1-3H3. The molecular formula is C18H32N2S. The maximum Gasteiger partial charge on any atom is 0.0336 e. The Hall–Kier alpha value is -0.380. The van der Waals surface area contributed by atoms with E-state index >= 15 is 0 Å². The average molecular weight is 309 g/mol. The number of unbranched alkanes of at least 4 members (excludes halogenated alkanes) is 4. The second kappa shape index (κ2) is 7.75. The molecule has 1 aliphatic rings. The summed E-state index contributed by atoms with van der Waals surface area (Å²) in [5.74, 6) is 0. The van der Waals surface area contributed by atoms with Gasteiger partial charge in [-0.15, -0.1) is 11.3 Å². The third-order valence-electron chi connectivity index (χ3n) is 5.23. The van der Waals surface area contributed by atoms with E-state index in [2.05, 4.69) is 37.1 Å². The third-order valence-corrected chi connectivity index (χ3v) is 6.23. The summed E-state index contributed by atoms with van der Waals surface area (Å²) in [7, 11) is 0. The molecule has 0 radical (unpaired) electrons. The molecule has 2 unspecified atom stereocenters. The molecule has 2 rings (SSSR count). The molecule has 2 atom stereocenters. The Morgan fingerprint density at radius 2 is 2.10 bits per heavy atom. The fraction of sp³-hybridized carbons (Fsp3) is 0.778. The van der Waals surface area contributed by atoms with Crippen LogP contribution < -0.4 is 5.73 Å². The van der Waals surface area contributed by atoms with Crippen molar-refractivity contribution in [3.8, 4) is 0 Å². The zero-order chi connectivity index (χ0) is 15.3. The SMILES string of the molecule is CCCCCCCC(C)(CN)N1CCc2sccc2C1C. The van der Waals surface area contributed by atoms with E-state index < -0.39 is 0 Å². The molecule has 1 aromatic rings. The minimum absolute atomic E-state index is 0.158. The summed E-state index contributed by atoms with van der Waals surface area (Å²) in [4.78, 5) is 4.25. The van der Waals surface area contributed by atoms with Crippen molar-refractivity contribution in [2.45, 2.75) is 77.3 Å². The molecular weight excluding hydrogens is 276 g/mol. The van der Waals surface area contributed by atoms with Crippen LogP contribution in [0.3, 0.4) is 0 Å². The highest BCUT2D eigenvalue weighted by molar-refractivity contribution is 7.10. The Morgan fingerprint density at radius 1 is 1.33 bits per heavy atom. The van der Waals surface area contributed by atoms with Gasteiger partial charge in [-0.3, -0.25) is 4.90 Å². The van der Waals surface area contributed by atoms with Crippen LogP contribution in [-0.4, -0.2) is 23.5 Å². The van der Waals surface area contributed by atoms with Gasteiger partial charge in [0.15, 0.2) is 0 Å². The lowest BCUT2D eigenvalue weighted by Gasteiger charge is -2.47. The van der Waals surface area contributed by atoms with Crippen molar-refractivity contribution in [2.24, 2.45) is 5.73 Å². The third kappa shape index (κ3) is 3.88. The van der Waals surface area contributed by atoms with Crippen LogP contribution in [0.15, 0.2) is 11.4 Å². The maximum absolute atomic E-state index is 6.20. The number of hydrogen-bond acceptors (Lipinski definition) is 3. The fourth-order valence-electron chi connectivity index (χ4n) is 3.72. The van der Waals surface area contributed by atoms with Crippen LogP contribution in [-0.2, 0) is 6.42 Å². The normalized spacial score (nSPS) is 22.0. The summed E-state index contributed by atoms with van der Waals surface area (Å²) < 4.78 is 0. The van der Waals surface area contributed by atoms with Gasteiger partial charge in [-0.05, 0) is 43.7 Å². The largest absolute Gasteiger partial charge is 0.329 e. The number of rotatable bonds is 8. The summed E-state index contributed by atoms with van der Waals surface area (Å²) in [6, 6.07) is 2.83. The van der Waals surface area contributed by atoms with Crippen molar-refractivity contribution < 1.29 is 0 Å². The Bertz CT molecular complexity index is 429. The van der Waals surface area contributed by atoms with Gasteiger partial charge in [-0.25, -0.2) is 0 Å². The van der Waals surface area contributed by atoms with E-state index in [1.165, 1.54) is 50.5 Å². The Balaban J connectivity index is 1.96. The topological polar surface area (TPSA) is 29.3 Å². The molecule has 0 spiro atoms. The van der Waals surface area contributed by atoms with Crippen molar-refractivity contribution in [2.75, 3.05) is 13.1 Å². The van der Waals surface area contributed by atoms with E-state index in [4.69, 9.17) is 5.73 Å². The Morgan fingerprint density at radius 3 is 2.81 bits per heavy atom. The lowest BCUT2D eigenvalue weighted by atomic mass is 9.87. The van der Waals surface area contributed by atoms with Crippen LogP contribution in [0.4, 0.5) is 0 Å². The number of nitrogens with zero attached hydrogens (tertiary/aromatic N) is 1. The van der Waals surface area contributed by atoms with Crippen LogP contribution in [0.5, 0.6) is 0 Å². The highest BCUT2D eigenvalue weighted by Crippen LogP contribution is 2.38. The zero-order valence-electron chi connectivity index (χ0n) is 14.0. The van der Waals surface area contributed by atoms with Crippen LogP contribution >= 0.6 is 11.3 Å². The molecule has 21 heavy (non-hydrogen) atoms. The van der Waals surface area contributed by atoms with Crippen LogP contribution in [0.1, 0.15) is 75.8 Å². The lowest BCUT2D eigenvalue weighted by molar-refractivity contribution is 0.0523. The van der Waals surface area contributed by atoms with Gasteiger partial charge < -0.3 is 5.73 Å². The van der Waals surface area contributed by atoms with Crippen LogP contribution in [0.2, 0.25) is 0 Å². The molecule has 0 bridgehead atoms. The summed E-state index contributed by atoms with van der Waals surface area (Å²) >= 11 is 1.92. The van der Waals surface area contributed by atoms with Crippen molar-refractivity contribution in [1.29, 1.82) is 0 Å². The molecule has 0 fully saturated rings. The van der Waals surface area contributed by atoms with Crippen molar-refractivity contribution in [1.82, 2.24) is 4.90 Å². The van der Waals surface area contributed by atoms with E-state index in [1.807, 2.05) is 11.3 Å². The number of thiophene rings is 1. The molecule has 120 valence electrons. The van der Waals surface area contributed by atoms with Gasteiger partial charge in [0.25, 0.3) is 0 Å². The minimum Gasteiger partial charge on any atom is -0.329 e. The van der Waals surface area contributed by atoms with E-state index in [0.717, 1.165) is 13.1 Å². The molecule has 2 nitrogen and oxygen atoms in total. The highest BCUT2D eigenvalue weighted by atomic mass is 32.1. The molecule has 0 saturated heterocycles. The van der Waals surface area contributed by atoms with Gasteiger partial charge in [0.2, 0.25) is 0 Å². The minimum atomic E-state index is 0.158. The lowest BCUT2D eigenvalue weighted by Crippen LogP contribution is -2.54. The summed E-state index contributed by atoms with van der Waals surface area (Å²) in [6.07, 6.45) is 9.17. The van der Waals surface area contributed by atoms with Crippen molar-refractivity contribution in [3.63, 3.8) is 0 Å². The summed E-state index contributed by atoms with van der Waals surface area (Å²) in [6.45, 7) is 8.94. The van der Waals surface area contributed by atoms with Gasteiger partial charge in [0, 0.05) is 29.5 Å². The van der Waals surface area contributed by atoms with Gasteiger partial charge >= 0.3 is 0 Å². The monoisotopic (exact) mass is 308 g/mol. The average Bonchev–Trinajstić information content (AvgIpc) is 2.96. The molecule has 2 N–H and O–H groups in total.